The van der Waals surface area contributed by atoms with Crippen LogP contribution in [-0.4, -0.2) is 46.5 Å². The lowest BCUT2D eigenvalue weighted by Gasteiger charge is -2.35. The molecule has 1 fully saturated rings. The minimum Gasteiger partial charge on any atom is -0.297 e. The number of hydrogen-bond donors (Lipinski definition) is 0. The normalized spacial score (nSPS) is 16.2. The molecule has 1 aromatic heterocycles. The maximum atomic E-state index is 13.6. The molecule has 0 radical (unpaired) electrons. The molecule has 2 aliphatic rings. The lowest BCUT2D eigenvalue weighted by Crippen LogP contribution is -2.46. The quantitative estimate of drug-likeness (QED) is 0.428. The van der Waals surface area contributed by atoms with Gasteiger partial charge in [-0.2, -0.15) is 0 Å². The van der Waals surface area contributed by atoms with Crippen LogP contribution in [-0.2, 0) is 13.1 Å². The smallest absolute Gasteiger partial charge is 0.263 e. The Bertz CT molecular complexity index is 1420. The summed E-state index contributed by atoms with van der Waals surface area (Å²) in [6.07, 6.45) is 0. The highest BCUT2D eigenvalue weighted by molar-refractivity contribution is 6.13. The molecule has 0 bridgehead atoms. The number of fused-ring (bicyclic) bond motifs is 5. The number of carbonyl (C=O) groups is 1. The van der Waals surface area contributed by atoms with Gasteiger partial charge >= 0.3 is 0 Å². The monoisotopic (exact) mass is 435 g/mol. The third-order valence-corrected chi connectivity index (χ3v) is 6.88. The number of carbonyl (C=O) groups excluding carboxylic acids is 1. The molecule has 1 saturated heterocycles. The summed E-state index contributed by atoms with van der Waals surface area (Å²) < 4.78 is 1.75. The molecule has 0 atom stereocenters. The van der Waals surface area contributed by atoms with Gasteiger partial charge in [0.1, 0.15) is 0 Å². The molecule has 2 aliphatic heterocycles. The van der Waals surface area contributed by atoms with Crippen LogP contribution in [0.5, 0.6) is 0 Å². The van der Waals surface area contributed by atoms with Crippen molar-refractivity contribution in [3.8, 4) is 11.3 Å². The molecule has 0 saturated carbocycles. The van der Waals surface area contributed by atoms with Crippen molar-refractivity contribution >= 4 is 16.8 Å². The summed E-state index contributed by atoms with van der Waals surface area (Å²) in [5, 5.41) is 0.611. The molecule has 5 nitrogen and oxygen atoms in total. The first kappa shape index (κ1) is 20.1. The molecule has 3 heterocycles. The number of rotatable bonds is 4. The van der Waals surface area contributed by atoms with E-state index in [2.05, 4.69) is 34.1 Å². The van der Waals surface area contributed by atoms with Crippen LogP contribution in [0, 0.1) is 0 Å². The standard InChI is InChI=1S/C28H25N3O2/c32-27-23-12-6-7-13-25(23)31-26(21-10-4-5-11-22(21)28(31)33)24(27)19-30-16-14-29(15-17-30)18-20-8-2-1-3-9-20/h1-13H,14-19H2. The van der Waals surface area contributed by atoms with Crippen LogP contribution < -0.4 is 5.43 Å². The Kier molecular flexibility index (Phi) is 4.93. The Morgan fingerprint density at radius 1 is 0.636 bits per heavy atom. The third-order valence-electron chi connectivity index (χ3n) is 6.88. The molecule has 5 heteroatoms. The van der Waals surface area contributed by atoms with E-state index in [0.29, 0.717) is 23.0 Å². The van der Waals surface area contributed by atoms with Crippen molar-refractivity contribution in [1.29, 1.82) is 0 Å². The van der Waals surface area contributed by atoms with E-state index in [4.69, 9.17) is 0 Å². The minimum absolute atomic E-state index is 0.0352. The fraction of sp³-hybridized carbons (Fsp3) is 0.214. The van der Waals surface area contributed by atoms with Gasteiger partial charge in [0.2, 0.25) is 0 Å². The first-order chi connectivity index (χ1) is 16.2. The zero-order chi connectivity index (χ0) is 22.4. The van der Waals surface area contributed by atoms with Crippen molar-refractivity contribution in [3.63, 3.8) is 0 Å². The first-order valence-electron chi connectivity index (χ1n) is 11.5. The topological polar surface area (TPSA) is 45.6 Å². The maximum absolute atomic E-state index is 13.6. The van der Waals surface area contributed by atoms with Crippen molar-refractivity contribution in [1.82, 2.24) is 14.4 Å². The molecule has 3 aromatic carbocycles. The summed E-state index contributed by atoms with van der Waals surface area (Å²) in [4.78, 5) is 31.7. The molecule has 0 spiro atoms. The predicted molar refractivity (Wildman–Crippen MR) is 130 cm³/mol. The molecule has 0 aliphatic carbocycles. The van der Waals surface area contributed by atoms with Gasteiger partial charge < -0.3 is 0 Å². The Morgan fingerprint density at radius 2 is 1.24 bits per heavy atom. The molecule has 0 amide bonds. The molecule has 33 heavy (non-hydrogen) atoms. The van der Waals surface area contributed by atoms with E-state index in [1.807, 2.05) is 54.6 Å². The van der Waals surface area contributed by atoms with E-state index in [1.54, 1.807) is 4.57 Å². The number of piperazine rings is 1. The largest absolute Gasteiger partial charge is 0.297 e. The van der Waals surface area contributed by atoms with Crippen LogP contribution in [0.1, 0.15) is 21.5 Å². The number of nitrogens with zero attached hydrogens (tertiary/aromatic N) is 3. The molecule has 4 aromatic rings. The van der Waals surface area contributed by atoms with Crippen molar-refractivity contribution in [2.75, 3.05) is 26.2 Å². The van der Waals surface area contributed by atoms with Gasteiger partial charge in [0.05, 0.1) is 11.2 Å². The van der Waals surface area contributed by atoms with Gasteiger partial charge in [-0.1, -0.05) is 60.7 Å². The Balaban J connectivity index is 1.34. The SMILES string of the molecule is O=C1c2ccccc2-c2c(CN3CCN(Cc4ccccc4)CC3)c(=O)c3ccccc3n21. The van der Waals surface area contributed by atoms with Crippen molar-refractivity contribution in [2.45, 2.75) is 13.1 Å². The number of aromatic nitrogens is 1. The number of pyridine rings is 1. The van der Waals surface area contributed by atoms with Gasteiger partial charge in [-0.3, -0.25) is 24.0 Å². The highest BCUT2D eigenvalue weighted by atomic mass is 16.2. The zero-order valence-corrected chi connectivity index (χ0v) is 18.4. The van der Waals surface area contributed by atoms with Gasteiger partial charge in [0.25, 0.3) is 5.91 Å². The highest BCUT2D eigenvalue weighted by Crippen LogP contribution is 2.36. The van der Waals surface area contributed by atoms with Crippen LogP contribution in [0.3, 0.4) is 0 Å². The summed E-state index contributed by atoms with van der Waals surface area (Å²) in [6.45, 7) is 5.22. The summed E-state index contributed by atoms with van der Waals surface area (Å²) in [7, 11) is 0. The number of benzene rings is 3. The second-order valence-corrected chi connectivity index (χ2v) is 8.90. The molecular weight excluding hydrogens is 410 g/mol. The Hall–Kier alpha value is -3.54. The van der Waals surface area contributed by atoms with Crippen LogP contribution in [0.4, 0.5) is 0 Å². The summed E-state index contributed by atoms with van der Waals surface area (Å²) in [5.41, 5.74) is 5.08. The predicted octanol–water partition coefficient (Wildman–Crippen LogP) is 3.99. The van der Waals surface area contributed by atoms with Crippen molar-refractivity contribution in [2.24, 2.45) is 0 Å². The number of para-hydroxylation sites is 1. The zero-order valence-electron chi connectivity index (χ0n) is 18.4. The molecule has 6 rings (SSSR count). The second kappa shape index (κ2) is 8.10. The van der Waals surface area contributed by atoms with Gasteiger partial charge in [-0.05, 0) is 23.8 Å². The van der Waals surface area contributed by atoms with Gasteiger partial charge in [0.15, 0.2) is 5.43 Å². The average molecular weight is 436 g/mol. The average Bonchev–Trinajstić information content (AvgIpc) is 3.16. The van der Waals surface area contributed by atoms with Crippen molar-refractivity contribution < 1.29 is 4.79 Å². The van der Waals surface area contributed by atoms with Crippen LogP contribution >= 0.6 is 0 Å². The van der Waals surface area contributed by atoms with Crippen LogP contribution in [0.15, 0.2) is 83.7 Å². The van der Waals surface area contributed by atoms with Gasteiger partial charge in [-0.15, -0.1) is 0 Å². The van der Waals surface area contributed by atoms with E-state index in [9.17, 15) is 9.59 Å². The fourth-order valence-electron chi connectivity index (χ4n) is 5.19. The second-order valence-electron chi connectivity index (χ2n) is 8.90. The maximum Gasteiger partial charge on any atom is 0.263 e. The van der Waals surface area contributed by atoms with E-state index >= 15 is 0 Å². The van der Waals surface area contributed by atoms with E-state index in [-0.39, 0.29) is 11.3 Å². The highest BCUT2D eigenvalue weighted by Gasteiger charge is 2.32. The van der Waals surface area contributed by atoms with Crippen LogP contribution in [0.25, 0.3) is 22.2 Å². The summed E-state index contributed by atoms with van der Waals surface area (Å²) >= 11 is 0. The van der Waals surface area contributed by atoms with Crippen molar-refractivity contribution in [3.05, 3.63) is 106 Å². The fourth-order valence-corrected chi connectivity index (χ4v) is 5.19. The molecule has 164 valence electrons. The molecular formula is C28H25N3O2. The Labute approximate surface area is 192 Å². The number of hydrogen-bond acceptors (Lipinski definition) is 4. The molecule has 0 N–H and O–H groups in total. The minimum atomic E-state index is -0.0502. The van der Waals surface area contributed by atoms with E-state index in [0.717, 1.165) is 49.5 Å². The van der Waals surface area contributed by atoms with Gasteiger partial charge in [-0.25, -0.2) is 0 Å². The lowest BCUT2D eigenvalue weighted by molar-refractivity contribution is 0.0972. The summed E-state index contributed by atoms with van der Waals surface area (Å²) in [5.74, 6) is -0.0502. The lowest BCUT2D eigenvalue weighted by atomic mass is 10.0. The first-order valence-corrected chi connectivity index (χ1v) is 11.5. The van der Waals surface area contributed by atoms with Crippen LogP contribution in [0.2, 0.25) is 0 Å². The van der Waals surface area contributed by atoms with Gasteiger partial charge in [0, 0.05) is 61.3 Å². The summed E-state index contributed by atoms with van der Waals surface area (Å²) in [6, 6.07) is 25.6. The Morgan fingerprint density at radius 3 is 2.00 bits per heavy atom. The van der Waals surface area contributed by atoms with E-state index in [1.165, 1.54) is 5.56 Å². The third kappa shape index (κ3) is 3.41. The molecule has 0 unspecified atom stereocenters. The van der Waals surface area contributed by atoms with E-state index < -0.39 is 0 Å².